The number of benzene rings is 1. The normalized spacial score (nSPS) is 19.6. The molecule has 21 heavy (non-hydrogen) atoms. The maximum absolute atomic E-state index is 12.3. The summed E-state index contributed by atoms with van der Waals surface area (Å²) in [5, 5.41) is 8.67. The molecule has 0 saturated carbocycles. The standard InChI is InChI=1S/C14H19NO5S/c1-20-12-5-2-4-11(10-12)13-6-3-8-15(13)21(18,19)9-7-14(16)17/h2,4-5,10,13H,3,6-9H2,1H3,(H,16,17). The first-order valence-corrected chi connectivity index (χ1v) is 8.40. The summed E-state index contributed by atoms with van der Waals surface area (Å²) in [6.07, 6.45) is 1.14. The van der Waals surface area contributed by atoms with E-state index in [4.69, 9.17) is 9.84 Å². The first kappa shape index (κ1) is 15.8. The van der Waals surface area contributed by atoms with Gasteiger partial charge in [-0.1, -0.05) is 12.1 Å². The number of ether oxygens (including phenoxy) is 1. The van der Waals surface area contributed by atoms with Crippen LogP contribution in [0, 0.1) is 0 Å². The van der Waals surface area contributed by atoms with E-state index in [9.17, 15) is 13.2 Å². The smallest absolute Gasteiger partial charge is 0.304 e. The Labute approximate surface area is 124 Å². The summed E-state index contributed by atoms with van der Waals surface area (Å²) >= 11 is 0. The van der Waals surface area contributed by atoms with Gasteiger partial charge in [-0.3, -0.25) is 4.79 Å². The Morgan fingerprint density at radius 2 is 2.24 bits per heavy atom. The number of rotatable bonds is 6. The molecule has 0 aromatic heterocycles. The van der Waals surface area contributed by atoms with Crippen LogP contribution in [0.25, 0.3) is 0 Å². The predicted octanol–water partition coefficient (Wildman–Crippen LogP) is 1.64. The number of sulfonamides is 1. The number of methoxy groups -OCH3 is 1. The van der Waals surface area contributed by atoms with Crippen LogP contribution >= 0.6 is 0 Å². The third kappa shape index (κ3) is 3.74. The second-order valence-corrected chi connectivity index (χ2v) is 7.05. The molecule has 1 unspecified atom stereocenters. The van der Waals surface area contributed by atoms with Crippen molar-refractivity contribution in [3.8, 4) is 5.75 Å². The molecule has 2 rings (SSSR count). The van der Waals surface area contributed by atoms with Crippen LogP contribution in [-0.4, -0.2) is 43.2 Å². The van der Waals surface area contributed by atoms with Crippen molar-refractivity contribution in [1.29, 1.82) is 0 Å². The number of hydrogen-bond acceptors (Lipinski definition) is 4. The van der Waals surface area contributed by atoms with Gasteiger partial charge >= 0.3 is 5.97 Å². The van der Waals surface area contributed by atoms with E-state index in [1.54, 1.807) is 7.11 Å². The van der Waals surface area contributed by atoms with E-state index in [0.29, 0.717) is 12.3 Å². The second-order valence-electron chi connectivity index (χ2n) is 5.01. The highest BCUT2D eigenvalue weighted by atomic mass is 32.2. The van der Waals surface area contributed by atoms with Crippen LogP contribution in [0.3, 0.4) is 0 Å². The molecule has 1 aliphatic rings. The predicted molar refractivity (Wildman–Crippen MR) is 77.7 cm³/mol. The minimum absolute atomic E-state index is 0.237. The SMILES string of the molecule is COc1cccc(C2CCCN2S(=O)(=O)CCC(=O)O)c1. The van der Waals surface area contributed by atoms with Crippen LogP contribution in [0.2, 0.25) is 0 Å². The Balaban J connectivity index is 2.21. The van der Waals surface area contributed by atoms with Gasteiger partial charge in [0.25, 0.3) is 0 Å². The van der Waals surface area contributed by atoms with Crippen molar-refractivity contribution < 1.29 is 23.1 Å². The van der Waals surface area contributed by atoms with Crippen molar-refractivity contribution in [2.45, 2.75) is 25.3 Å². The molecule has 1 atom stereocenters. The van der Waals surface area contributed by atoms with Crippen molar-refractivity contribution in [3.05, 3.63) is 29.8 Å². The lowest BCUT2D eigenvalue weighted by Crippen LogP contribution is -2.33. The van der Waals surface area contributed by atoms with Crippen LogP contribution in [0.15, 0.2) is 24.3 Å². The zero-order valence-electron chi connectivity index (χ0n) is 11.9. The molecule has 6 nitrogen and oxygen atoms in total. The molecule has 0 amide bonds. The molecule has 1 N–H and O–H groups in total. The topological polar surface area (TPSA) is 83.9 Å². The number of hydrogen-bond donors (Lipinski definition) is 1. The first-order valence-electron chi connectivity index (χ1n) is 6.79. The van der Waals surface area contributed by atoms with Gasteiger partial charge in [-0.25, -0.2) is 8.42 Å². The van der Waals surface area contributed by atoms with E-state index in [0.717, 1.165) is 18.4 Å². The molecule has 7 heteroatoms. The zero-order chi connectivity index (χ0) is 15.5. The van der Waals surface area contributed by atoms with E-state index in [1.807, 2.05) is 24.3 Å². The van der Waals surface area contributed by atoms with Gasteiger partial charge in [0.1, 0.15) is 5.75 Å². The summed E-state index contributed by atoms with van der Waals surface area (Å²) in [6, 6.07) is 7.10. The van der Waals surface area contributed by atoms with Crippen molar-refractivity contribution in [2.75, 3.05) is 19.4 Å². The van der Waals surface area contributed by atoms with Crippen LogP contribution in [0.4, 0.5) is 0 Å². The first-order chi connectivity index (χ1) is 9.94. The number of carboxylic acids is 1. The van der Waals surface area contributed by atoms with Crippen LogP contribution < -0.4 is 4.74 Å². The number of nitrogens with zero attached hydrogens (tertiary/aromatic N) is 1. The van der Waals surface area contributed by atoms with Gasteiger partial charge < -0.3 is 9.84 Å². The fraction of sp³-hybridized carbons (Fsp3) is 0.500. The summed E-state index contributed by atoms with van der Waals surface area (Å²) in [6.45, 7) is 0.434. The van der Waals surface area contributed by atoms with Crippen molar-refractivity contribution in [2.24, 2.45) is 0 Å². The molecule has 1 aromatic rings. The highest BCUT2D eigenvalue weighted by Crippen LogP contribution is 2.35. The number of carboxylic acid groups (broad SMARTS) is 1. The lowest BCUT2D eigenvalue weighted by atomic mass is 10.1. The van der Waals surface area contributed by atoms with Gasteiger partial charge in [-0.2, -0.15) is 4.31 Å². The maximum atomic E-state index is 12.3. The molecule has 0 spiro atoms. The highest BCUT2D eigenvalue weighted by Gasteiger charge is 2.35. The van der Waals surface area contributed by atoms with Gasteiger partial charge in [0, 0.05) is 12.6 Å². The van der Waals surface area contributed by atoms with Crippen molar-refractivity contribution >= 4 is 16.0 Å². The Bertz CT molecular complexity index is 614. The van der Waals surface area contributed by atoms with E-state index >= 15 is 0 Å². The minimum atomic E-state index is -3.56. The van der Waals surface area contributed by atoms with Crippen LogP contribution in [0.1, 0.15) is 30.9 Å². The van der Waals surface area contributed by atoms with E-state index in [2.05, 4.69) is 0 Å². The molecule has 0 bridgehead atoms. The Hall–Kier alpha value is -1.60. The molecule has 1 heterocycles. The zero-order valence-corrected chi connectivity index (χ0v) is 12.7. The van der Waals surface area contributed by atoms with E-state index in [1.165, 1.54) is 4.31 Å². The van der Waals surface area contributed by atoms with Gasteiger partial charge in [0.15, 0.2) is 0 Å². The van der Waals surface area contributed by atoms with Crippen LogP contribution in [0.5, 0.6) is 5.75 Å². The second kappa shape index (κ2) is 6.44. The molecule has 0 radical (unpaired) electrons. The third-order valence-electron chi connectivity index (χ3n) is 3.61. The summed E-state index contributed by atoms with van der Waals surface area (Å²) in [5.41, 5.74) is 0.880. The Kier molecular flexibility index (Phi) is 4.84. The summed E-state index contributed by atoms with van der Waals surface area (Å²) in [7, 11) is -2.00. The van der Waals surface area contributed by atoms with Crippen molar-refractivity contribution in [3.63, 3.8) is 0 Å². The van der Waals surface area contributed by atoms with E-state index in [-0.39, 0.29) is 18.2 Å². The monoisotopic (exact) mass is 313 g/mol. The molecular weight excluding hydrogens is 294 g/mol. The minimum Gasteiger partial charge on any atom is -0.497 e. The van der Waals surface area contributed by atoms with Gasteiger partial charge in [0.05, 0.1) is 19.3 Å². The lowest BCUT2D eigenvalue weighted by Gasteiger charge is -2.24. The number of carbonyl (C=O) groups is 1. The quantitative estimate of drug-likeness (QED) is 0.863. The molecule has 1 aromatic carbocycles. The fourth-order valence-electron chi connectivity index (χ4n) is 2.59. The maximum Gasteiger partial charge on any atom is 0.304 e. The highest BCUT2D eigenvalue weighted by molar-refractivity contribution is 7.89. The summed E-state index contributed by atoms with van der Waals surface area (Å²) in [5.74, 6) is -0.777. The van der Waals surface area contributed by atoms with Gasteiger partial charge in [-0.15, -0.1) is 0 Å². The average molecular weight is 313 g/mol. The lowest BCUT2D eigenvalue weighted by molar-refractivity contribution is -0.136. The average Bonchev–Trinajstić information content (AvgIpc) is 2.96. The number of aliphatic carboxylic acids is 1. The largest absolute Gasteiger partial charge is 0.497 e. The van der Waals surface area contributed by atoms with Gasteiger partial charge in [-0.05, 0) is 30.5 Å². The third-order valence-corrected chi connectivity index (χ3v) is 5.49. The molecule has 116 valence electrons. The van der Waals surface area contributed by atoms with Crippen LogP contribution in [-0.2, 0) is 14.8 Å². The fourth-order valence-corrected chi connectivity index (χ4v) is 4.28. The van der Waals surface area contributed by atoms with E-state index < -0.39 is 16.0 Å². The Morgan fingerprint density at radius 1 is 1.48 bits per heavy atom. The van der Waals surface area contributed by atoms with Crippen molar-refractivity contribution in [1.82, 2.24) is 4.31 Å². The molecule has 1 saturated heterocycles. The molecule has 1 aliphatic heterocycles. The molecule has 0 aliphatic carbocycles. The Morgan fingerprint density at radius 3 is 2.90 bits per heavy atom. The van der Waals surface area contributed by atoms with Gasteiger partial charge in [0.2, 0.25) is 10.0 Å². The molecular formula is C14H19NO5S. The molecule has 1 fully saturated rings. The summed E-state index contributed by atoms with van der Waals surface area (Å²) < 4.78 is 31.2. The summed E-state index contributed by atoms with van der Waals surface area (Å²) in [4.78, 5) is 10.6.